The number of rotatable bonds is 22. The van der Waals surface area contributed by atoms with Crippen LogP contribution in [0.3, 0.4) is 0 Å². The first kappa shape index (κ1) is 30.0. The smallest absolute Gasteiger partial charge is 0.0701 e. The molecule has 28 heavy (non-hydrogen) atoms. The zero-order chi connectivity index (χ0) is 21.0. The molecule has 0 amide bonds. The molecule has 0 saturated carbocycles. The number of hydrogen-bond donors (Lipinski definition) is 2. The van der Waals surface area contributed by atoms with Gasteiger partial charge < -0.3 is 29.2 Å². The van der Waals surface area contributed by atoms with Gasteiger partial charge in [-0.1, -0.05) is 65.2 Å². The molecule has 0 aromatic rings. The van der Waals surface area contributed by atoms with Gasteiger partial charge in [0, 0.05) is 13.2 Å². The van der Waals surface area contributed by atoms with Crippen LogP contribution in [-0.2, 0) is 18.9 Å². The van der Waals surface area contributed by atoms with Crippen LogP contribution in [-0.4, -0.2) is 76.3 Å². The third-order valence-corrected chi connectivity index (χ3v) is 4.00. The van der Waals surface area contributed by atoms with E-state index in [0.29, 0.717) is 39.6 Å². The number of unbranched alkanes of at least 4 members (excludes halogenated alkanes) is 8. The third kappa shape index (κ3) is 33.4. The van der Waals surface area contributed by atoms with E-state index in [1.165, 1.54) is 64.2 Å². The fourth-order valence-electron chi connectivity index (χ4n) is 2.39. The Morgan fingerprint density at radius 1 is 0.393 bits per heavy atom. The highest BCUT2D eigenvalue weighted by atomic mass is 16.5. The Morgan fingerprint density at radius 2 is 0.714 bits per heavy atom. The first-order valence-electron chi connectivity index (χ1n) is 11.4. The van der Waals surface area contributed by atoms with Gasteiger partial charge in [-0.2, -0.15) is 0 Å². The second-order valence-corrected chi connectivity index (χ2v) is 6.73. The van der Waals surface area contributed by atoms with Gasteiger partial charge in [0.2, 0.25) is 0 Å². The molecule has 0 aliphatic heterocycles. The monoisotopic (exact) mass is 408 g/mol. The molecule has 0 aromatic carbocycles. The fourth-order valence-corrected chi connectivity index (χ4v) is 2.39. The topological polar surface area (TPSA) is 77.4 Å². The molecule has 0 unspecified atom stereocenters. The van der Waals surface area contributed by atoms with Crippen molar-refractivity contribution in [1.82, 2.24) is 0 Å². The molecule has 0 aromatic heterocycles. The SMILES string of the molecule is CCCCCCCOCCCCCCC.OCCOCCOCCOCCO. The van der Waals surface area contributed by atoms with E-state index in [9.17, 15) is 0 Å². The van der Waals surface area contributed by atoms with E-state index in [0.717, 1.165) is 13.2 Å². The minimum Gasteiger partial charge on any atom is -0.394 e. The number of hydrogen-bond acceptors (Lipinski definition) is 6. The van der Waals surface area contributed by atoms with Gasteiger partial charge in [-0.15, -0.1) is 0 Å². The zero-order valence-corrected chi connectivity index (χ0v) is 18.7. The van der Waals surface area contributed by atoms with Gasteiger partial charge in [0.1, 0.15) is 0 Å². The van der Waals surface area contributed by atoms with Crippen LogP contribution in [0.5, 0.6) is 0 Å². The molecule has 0 aliphatic carbocycles. The molecule has 0 heterocycles. The fraction of sp³-hybridized carbons (Fsp3) is 1.00. The maximum atomic E-state index is 8.36. The molecule has 0 bridgehead atoms. The van der Waals surface area contributed by atoms with Crippen LogP contribution < -0.4 is 0 Å². The lowest BCUT2D eigenvalue weighted by molar-refractivity contribution is 0.00230. The molecule has 2 N–H and O–H groups in total. The summed E-state index contributed by atoms with van der Waals surface area (Å²) in [6, 6.07) is 0. The van der Waals surface area contributed by atoms with Crippen LogP contribution in [0.4, 0.5) is 0 Å². The second kappa shape index (κ2) is 31.5. The van der Waals surface area contributed by atoms with Crippen molar-refractivity contribution in [3.05, 3.63) is 0 Å². The Hall–Kier alpha value is -0.240. The maximum absolute atomic E-state index is 8.36. The molecule has 0 radical (unpaired) electrons. The second-order valence-electron chi connectivity index (χ2n) is 6.73. The summed E-state index contributed by atoms with van der Waals surface area (Å²) in [6.07, 6.45) is 13.4. The first-order valence-corrected chi connectivity index (χ1v) is 11.4. The van der Waals surface area contributed by atoms with E-state index in [-0.39, 0.29) is 13.2 Å². The van der Waals surface area contributed by atoms with Gasteiger partial charge in [0.05, 0.1) is 52.9 Å². The predicted octanol–water partition coefficient (Wildman–Crippen LogP) is 3.96. The highest BCUT2D eigenvalue weighted by Crippen LogP contribution is 2.04. The minimum absolute atomic E-state index is 0.0413. The summed E-state index contributed by atoms with van der Waals surface area (Å²) >= 11 is 0. The van der Waals surface area contributed by atoms with Crippen LogP contribution in [0.25, 0.3) is 0 Å². The van der Waals surface area contributed by atoms with E-state index >= 15 is 0 Å². The third-order valence-electron chi connectivity index (χ3n) is 4.00. The van der Waals surface area contributed by atoms with Crippen LogP contribution in [0, 0.1) is 0 Å². The first-order chi connectivity index (χ1) is 13.8. The van der Waals surface area contributed by atoms with Gasteiger partial charge in [0.15, 0.2) is 0 Å². The standard InChI is InChI=1S/C14H30O.C8H18O5/c1-3-5-7-9-11-13-15-14-12-10-8-6-4-2;9-1-3-11-5-7-13-8-6-12-4-2-10/h3-14H2,1-2H3;9-10H,1-8H2. The molecule has 0 aliphatic rings. The van der Waals surface area contributed by atoms with E-state index in [1.54, 1.807) is 0 Å². The number of aliphatic hydroxyl groups excluding tert-OH is 2. The number of ether oxygens (including phenoxy) is 4. The van der Waals surface area contributed by atoms with Crippen molar-refractivity contribution in [3.63, 3.8) is 0 Å². The van der Waals surface area contributed by atoms with E-state index in [1.807, 2.05) is 0 Å². The molecule has 0 atom stereocenters. The summed E-state index contributed by atoms with van der Waals surface area (Å²) < 4.78 is 20.6. The number of aliphatic hydroxyl groups is 2. The normalized spacial score (nSPS) is 10.7. The average molecular weight is 409 g/mol. The molecule has 6 heteroatoms. The van der Waals surface area contributed by atoms with Gasteiger partial charge in [-0.05, 0) is 12.8 Å². The van der Waals surface area contributed by atoms with Crippen molar-refractivity contribution in [2.24, 2.45) is 0 Å². The Bertz CT molecular complexity index is 219. The molecular weight excluding hydrogens is 360 g/mol. The molecule has 6 nitrogen and oxygen atoms in total. The van der Waals surface area contributed by atoms with E-state index in [4.69, 9.17) is 29.2 Å². The van der Waals surface area contributed by atoms with Gasteiger partial charge in [-0.25, -0.2) is 0 Å². The lowest BCUT2D eigenvalue weighted by atomic mass is 10.1. The average Bonchev–Trinajstić information content (AvgIpc) is 2.71. The van der Waals surface area contributed by atoms with Crippen molar-refractivity contribution in [2.45, 2.75) is 78.1 Å². The Balaban J connectivity index is 0. The van der Waals surface area contributed by atoms with Crippen LogP contribution in [0.15, 0.2) is 0 Å². The van der Waals surface area contributed by atoms with Crippen LogP contribution in [0.2, 0.25) is 0 Å². The van der Waals surface area contributed by atoms with Gasteiger partial charge in [-0.3, -0.25) is 0 Å². The summed E-state index contributed by atoms with van der Waals surface area (Å²) in [5.74, 6) is 0. The van der Waals surface area contributed by atoms with Gasteiger partial charge in [0.25, 0.3) is 0 Å². The lowest BCUT2D eigenvalue weighted by Crippen LogP contribution is -2.11. The zero-order valence-electron chi connectivity index (χ0n) is 18.7. The summed E-state index contributed by atoms with van der Waals surface area (Å²) in [7, 11) is 0. The molecule has 0 fully saturated rings. The predicted molar refractivity (Wildman–Crippen MR) is 115 cm³/mol. The quantitative estimate of drug-likeness (QED) is 0.264. The molecule has 0 spiro atoms. The van der Waals surface area contributed by atoms with Crippen molar-refractivity contribution in [1.29, 1.82) is 0 Å². The van der Waals surface area contributed by atoms with Crippen molar-refractivity contribution < 1.29 is 29.2 Å². The van der Waals surface area contributed by atoms with E-state index in [2.05, 4.69) is 13.8 Å². The highest BCUT2D eigenvalue weighted by molar-refractivity contribution is 4.44. The summed E-state index contributed by atoms with van der Waals surface area (Å²) in [5.41, 5.74) is 0. The van der Waals surface area contributed by atoms with Crippen molar-refractivity contribution >= 4 is 0 Å². The Labute approximate surface area is 173 Å². The Morgan fingerprint density at radius 3 is 1.07 bits per heavy atom. The highest BCUT2D eigenvalue weighted by Gasteiger charge is 1.92. The van der Waals surface area contributed by atoms with Crippen LogP contribution >= 0.6 is 0 Å². The summed E-state index contributed by atoms with van der Waals surface area (Å²) in [5, 5.41) is 16.7. The maximum Gasteiger partial charge on any atom is 0.0701 e. The molecule has 172 valence electrons. The lowest BCUT2D eigenvalue weighted by Gasteiger charge is -2.04. The summed E-state index contributed by atoms with van der Waals surface area (Å²) in [4.78, 5) is 0. The molecule has 0 saturated heterocycles. The Kier molecular flexibility index (Phi) is 33.7. The molecule has 0 rings (SSSR count). The van der Waals surface area contributed by atoms with Crippen LogP contribution in [0.1, 0.15) is 78.1 Å². The van der Waals surface area contributed by atoms with Gasteiger partial charge >= 0.3 is 0 Å². The van der Waals surface area contributed by atoms with Crippen molar-refractivity contribution in [2.75, 3.05) is 66.1 Å². The largest absolute Gasteiger partial charge is 0.394 e. The van der Waals surface area contributed by atoms with E-state index < -0.39 is 0 Å². The van der Waals surface area contributed by atoms with Crippen molar-refractivity contribution in [3.8, 4) is 0 Å². The summed E-state index contributed by atoms with van der Waals surface area (Å²) in [6.45, 7) is 9.24. The minimum atomic E-state index is 0.0413. The molecular formula is C22H48O6.